The molecule has 0 spiro atoms. The van der Waals surface area contributed by atoms with E-state index < -0.39 is 0 Å². The molecule has 3 aromatic rings. The number of halogens is 1. The number of para-hydroxylation sites is 1. The molecular formula is C19H19ClN2O. The summed E-state index contributed by atoms with van der Waals surface area (Å²) in [6, 6.07) is 15.8. The van der Waals surface area contributed by atoms with Gasteiger partial charge in [0.05, 0.1) is 0 Å². The molecule has 1 aromatic heterocycles. The van der Waals surface area contributed by atoms with Crippen LogP contribution in [0.2, 0.25) is 5.02 Å². The second-order valence-electron chi connectivity index (χ2n) is 5.62. The van der Waals surface area contributed by atoms with Gasteiger partial charge >= 0.3 is 0 Å². The zero-order chi connectivity index (χ0) is 16.1. The average Bonchev–Trinajstić information content (AvgIpc) is 2.98. The highest BCUT2D eigenvalue weighted by Crippen LogP contribution is 2.19. The van der Waals surface area contributed by atoms with E-state index >= 15 is 0 Å². The minimum absolute atomic E-state index is 0.0831. The summed E-state index contributed by atoms with van der Waals surface area (Å²) in [6.45, 7) is 0.545. The number of hydrogen-bond donors (Lipinski definition) is 2. The van der Waals surface area contributed by atoms with Crippen LogP contribution in [-0.4, -0.2) is 10.9 Å². The Kier molecular flexibility index (Phi) is 4.99. The summed E-state index contributed by atoms with van der Waals surface area (Å²) in [5, 5.41) is 4.90. The molecule has 23 heavy (non-hydrogen) atoms. The van der Waals surface area contributed by atoms with Gasteiger partial charge in [0.1, 0.15) is 0 Å². The molecule has 0 bridgehead atoms. The first-order valence-electron chi connectivity index (χ1n) is 7.78. The second-order valence-corrected chi connectivity index (χ2v) is 6.05. The summed E-state index contributed by atoms with van der Waals surface area (Å²) < 4.78 is 0. The standard InChI is InChI=1S/C19H19ClN2O/c20-16-10-8-14(9-11-16)12-22-19(23)7-3-4-15-13-21-18-6-2-1-5-17(15)18/h1-2,5-6,8-11,13,21H,3-4,7,12H2,(H,22,23). The van der Waals surface area contributed by atoms with Gasteiger partial charge in [-0.1, -0.05) is 41.9 Å². The fourth-order valence-corrected chi connectivity index (χ4v) is 2.80. The monoisotopic (exact) mass is 326 g/mol. The van der Waals surface area contributed by atoms with Crippen molar-refractivity contribution >= 4 is 28.4 Å². The van der Waals surface area contributed by atoms with Gasteiger partial charge < -0.3 is 10.3 Å². The predicted molar refractivity (Wildman–Crippen MR) is 94.5 cm³/mol. The van der Waals surface area contributed by atoms with Gasteiger partial charge in [0.15, 0.2) is 0 Å². The van der Waals surface area contributed by atoms with Crippen LogP contribution in [0, 0.1) is 0 Å². The fourth-order valence-electron chi connectivity index (χ4n) is 2.67. The van der Waals surface area contributed by atoms with Crippen LogP contribution in [0.1, 0.15) is 24.0 Å². The molecule has 0 saturated carbocycles. The van der Waals surface area contributed by atoms with Crippen molar-refractivity contribution in [1.29, 1.82) is 0 Å². The van der Waals surface area contributed by atoms with E-state index in [-0.39, 0.29) is 5.91 Å². The molecule has 0 unspecified atom stereocenters. The topological polar surface area (TPSA) is 44.9 Å². The van der Waals surface area contributed by atoms with Gasteiger partial charge in [-0.3, -0.25) is 4.79 Å². The summed E-state index contributed by atoms with van der Waals surface area (Å²) in [5.41, 5.74) is 3.47. The molecule has 118 valence electrons. The Hall–Kier alpha value is -2.26. The number of hydrogen-bond acceptors (Lipinski definition) is 1. The van der Waals surface area contributed by atoms with E-state index in [1.54, 1.807) is 0 Å². The molecule has 0 fully saturated rings. The van der Waals surface area contributed by atoms with Crippen molar-refractivity contribution in [1.82, 2.24) is 10.3 Å². The molecule has 2 N–H and O–H groups in total. The molecule has 0 aliphatic heterocycles. The third kappa shape index (κ3) is 4.14. The van der Waals surface area contributed by atoms with Crippen molar-refractivity contribution < 1.29 is 4.79 Å². The van der Waals surface area contributed by atoms with Crippen molar-refractivity contribution in [2.75, 3.05) is 0 Å². The number of H-pyrrole nitrogens is 1. The predicted octanol–water partition coefficient (Wildman–Crippen LogP) is 4.46. The van der Waals surface area contributed by atoms with Gasteiger partial charge in [-0.05, 0) is 42.2 Å². The van der Waals surface area contributed by atoms with Crippen LogP contribution < -0.4 is 5.32 Å². The van der Waals surface area contributed by atoms with Gasteiger partial charge in [-0.15, -0.1) is 0 Å². The zero-order valence-corrected chi connectivity index (χ0v) is 13.6. The van der Waals surface area contributed by atoms with Crippen LogP contribution in [0.4, 0.5) is 0 Å². The molecule has 4 heteroatoms. The van der Waals surface area contributed by atoms with E-state index in [2.05, 4.69) is 22.4 Å². The number of benzene rings is 2. The van der Waals surface area contributed by atoms with Gasteiger partial charge in [0, 0.05) is 35.1 Å². The number of aromatic amines is 1. The highest BCUT2D eigenvalue weighted by molar-refractivity contribution is 6.30. The minimum atomic E-state index is 0.0831. The summed E-state index contributed by atoms with van der Waals surface area (Å²) in [6.07, 6.45) is 4.32. The first-order valence-corrected chi connectivity index (χ1v) is 8.16. The maximum absolute atomic E-state index is 11.9. The van der Waals surface area contributed by atoms with Gasteiger partial charge in [0.25, 0.3) is 0 Å². The number of aromatic nitrogens is 1. The number of amides is 1. The summed E-state index contributed by atoms with van der Waals surface area (Å²) >= 11 is 5.84. The van der Waals surface area contributed by atoms with Gasteiger partial charge in [-0.25, -0.2) is 0 Å². The molecule has 0 atom stereocenters. The number of nitrogens with one attached hydrogen (secondary N) is 2. The Bertz CT molecular complexity index is 792. The Labute approximate surface area is 140 Å². The second kappa shape index (κ2) is 7.34. The highest BCUT2D eigenvalue weighted by Gasteiger charge is 2.05. The van der Waals surface area contributed by atoms with E-state index in [9.17, 15) is 4.79 Å². The lowest BCUT2D eigenvalue weighted by molar-refractivity contribution is -0.121. The van der Waals surface area contributed by atoms with Crippen LogP contribution in [-0.2, 0) is 17.8 Å². The molecule has 1 heterocycles. The Morgan fingerprint density at radius 1 is 1.09 bits per heavy atom. The smallest absolute Gasteiger partial charge is 0.220 e. The summed E-state index contributed by atoms with van der Waals surface area (Å²) in [7, 11) is 0. The van der Waals surface area contributed by atoms with E-state index in [4.69, 9.17) is 11.6 Å². The van der Waals surface area contributed by atoms with Crippen LogP contribution in [0.5, 0.6) is 0 Å². The molecule has 3 nitrogen and oxygen atoms in total. The van der Waals surface area contributed by atoms with E-state index in [0.717, 1.165) is 23.9 Å². The fraction of sp³-hybridized carbons (Fsp3) is 0.211. The van der Waals surface area contributed by atoms with Crippen LogP contribution in [0.15, 0.2) is 54.7 Å². The molecule has 3 rings (SSSR count). The molecule has 0 aliphatic rings. The molecule has 0 saturated heterocycles. The number of fused-ring (bicyclic) bond motifs is 1. The summed E-state index contributed by atoms with van der Waals surface area (Å²) in [5.74, 6) is 0.0831. The number of carbonyl (C=O) groups is 1. The van der Waals surface area contributed by atoms with Gasteiger partial charge in [-0.2, -0.15) is 0 Å². The first kappa shape index (κ1) is 15.6. The normalized spacial score (nSPS) is 10.8. The zero-order valence-electron chi connectivity index (χ0n) is 12.8. The lowest BCUT2D eigenvalue weighted by Gasteiger charge is -2.05. The van der Waals surface area contributed by atoms with Crippen molar-refractivity contribution in [3.63, 3.8) is 0 Å². The minimum Gasteiger partial charge on any atom is -0.361 e. The SMILES string of the molecule is O=C(CCCc1c[nH]c2ccccc12)NCc1ccc(Cl)cc1. The Balaban J connectivity index is 1.45. The lowest BCUT2D eigenvalue weighted by atomic mass is 10.1. The van der Waals surface area contributed by atoms with Crippen molar-refractivity contribution in [3.8, 4) is 0 Å². The van der Waals surface area contributed by atoms with Gasteiger partial charge in [0.2, 0.25) is 5.91 Å². The highest BCUT2D eigenvalue weighted by atomic mass is 35.5. The van der Waals surface area contributed by atoms with Crippen molar-refractivity contribution in [2.45, 2.75) is 25.8 Å². The summed E-state index contributed by atoms with van der Waals surface area (Å²) in [4.78, 5) is 15.2. The lowest BCUT2D eigenvalue weighted by Crippen LogP contribution is -2.22. The maximum atomic E-state index is 11.9. The van der Waals surface area contributed by atoms with E-state index in [1.807, 2.05) is 42.6 Å². The van der Waals surface area contributed by atoms with Crippen LogP contribution in [0.3, 0.4) is 0 Å². The first-order chi connectivity index (χ1) is 11.2. The van der Waals surface area contributed by atoms with Crippen molar-refractivity contribution in [3.05, 3.63) is 70.9 Å². The van der Waals surface area contributed by atoms with E-state index in [0.29, 0.717) is 18.0 Å². The Morgan fingerprint density at radius 2 is 1.87 bits per heavy atom. The third-order valence-electron chi connectivity index (χ3n) is 3.93. The molecule has 0 aliphatic carbocycles. The van der Waals surface area contributed by atoms with Crippen LogP contribution in [0.25, 0.3) is 10.9 Å². The largest absolute Gasteiger partial charge is 0.361 e. The van der Waals surface area contributed by atoms with Crippen LogP contribution >= 0.6 is 11.6 Å². The Morgan fingerprint density at radius 3 is 2.70 bits per heavy atom. The molecular weight excluding hydrogens is 308 g/mol. The third-order valence-corrected chi connectivity index (χ3v) is 4.18. The number of aryl methyl sites for hydroxylation is 1. The quantitative estimate of drug-likeness (QED) is 0.690. The average molecular weight is 327 g/mol. The van der Waals surface area contributed by atoms with E-state index in [1.165, 1.54) is 10.9 Å². The maximum Gasteiger partial charge on any atom is 0.220 e. The molecule has 0 radical (unpaired) electrons. The molecule has 1 amide bonds. The van der Waals surface area contributed by atoms with Crippen molar-refractivity contribution in [2.24, 2.45) is 0 Å². The number of carbonyl (C=O) groups excluding carboxylic acids is 1. The number of rotatable bonds is 6. The molecule has 2 aromatic carbocycles.